The molecule has 0 aromatic heterocycles. The maximum absolute atomic E-state index is 12.3. The van der Waals surface area contributed by atoms with Crippen LogP contribution in [0.5, 0.6) is 5.75 Å². The quantitative estimate of drug-likeness (QED) is 0.504. The highest BCUT2D eigenvalue weighted by atomic mass is 79.9. The van der Waals surface area contributed by atoms with Crippen LogP contribution in [0.25, 0.3) is 10.8 Å². The number of carbonyl (C=O) groups excluding carboxylic acids is 1. The zero-order valence-electron chi connectivity index (χ0n) is 15.8. The molecule has 0 heterocycles. The van der Waals surface area contributed by atoms with Crippen LogP contribution < -0.4 is 14.4 Å². The van der Waals surface area contributed by atoms with Crippen LogP contribution >= 0.6 is 15.9 Å². The van der Waals surface area contributed by atoms with Crippen molar-refractivity contribution in [2.45, 2.75) is 0 Å². The van der Waals surface area contributed by atoms with E-state index in [1.807, 2.05) is 42.5 Å². The van der Waals surface area contributed by atoms with Gasteiger partial charge in [-0.3, -0.25) is 9.10 Å². The van der Waals surface area contributed by atoms with Gasteiger partial charge in [-0.15, -0.1) is 0 Å². The molecule has 0 saturated heterocycles. The molecule has 1 amide bonds. The van der Waals surface area contributed by atoms with Crippen LogP contribution in [0.3, 0.4) is 0 Å². The molecule has 8 heteroatoms. The molecule has 0 fully saturated rings. The summed E-state index contributed by atoms with van der Waals surface area (Å²) in [4.78, 5) is 12.3. The van der Waals surface area contributed by atoms with E-state index >= 15 is 0 Å². The Kier molecular flexibility index (Phi) is 6.76. The van der Waals surface area contributed by atoms with Crippen molar-refractivity contribution < 1.29 is 17.9 Å². The molecule has 6 nitrogen and oxygen atoms in total. The Labute approximate surface area is 178 Å². The van der Waals surface area contributed by atoms with E-state index in [1.54, 1.807) is 24.3 Å². The highest BCUT2D eigenvalue weighted by Gasteiger charge is 2.20. The second-order valence-electron chi connectivity index (χ2n) is 6.42. The molecule has 0 bridgehead atoms. The van der Waals surface area contributed by atoms with Crippen molar-refractivity contribution in [1.29, 1.82) is 0 Å². The van der Waals surface area contributed by atoms with Crippen LogP contribution in [0.2, 0.25) is 0 Å². The van der Waals surface area contributed by atoms with Crippen molar-refractivity contribution in [3.8, 4) is 5.75 Å². The van der Waals surface area contributed by atoms with Crippen LogP contribution in [0.1, 0.15) is 0 Å². The number of nitrogens with one attached hydrogen (secondary N) is 1. The third-order valence-corrected chi connectivity index (χ3v) is 5.90. The number of anilines is 1. The van der Waals surface area contributed by atoms with E-state index in [0.29, 0.717) is 5.69 Å². The maximum atomic E-state index is 12.3. The molecule has 29 heavy (non-hydrogen) atoms. The van der Waals surface area contributed by atoms with Gasteiger partial charge in [0.1, 0.15) is 18.9 Å². The van der Waals surface area contributed by atoms with Gasteiger partial charge in [-0.05, 0) is 35.7 Å². The summed E-state index contributed by atoms with van der Waals surface area (Å²) in [5.74, 6) is 0.338. The maximum Gasteiger partial charge on any atom is 0.240 e. The fourth-order valence-corrected chi connectivity index (χ4v) is 3.99. The lowest BCUT2D eigenvalue weighted by molar-refractivity contribution is -0.119. The predicted molar refractivity (Wildman–Crippen MR) is 119 cm³/mol. The molecule has 1 N–H and O–H groups in total. The number of amides is 1. The number of fused-ring (bicyclic) bond motifs is 1. The molecule has 3 aromatic carbocycles. The third kappa shape index (κ3) is 5.71. The first-order valence-corrected chi connectivity index (χ1v) is 11.6. The summed E-state index contributed by atoms with van der Waals surface area (Å²) < 4.78 is 31.9. The highest BCUT2D eigenvalue weighted by molar-refractivity contribution is 9.10. The first-order chi connectivity index (χ1) is 13.8. The summed E-state index contributed by atoms with van der Waals surface area (Å²) in [5.41, 5.74) is 0.429. The Bertz CT molecular complexity index is 1100. The molecule has 0 aliphatic carbocycles. The zero-order chi connectivity index (χ0) is 20.9. The van der Waals surface area contributed by atoms with Crippen molar-refractivity contribution in [3.63, 3.8) is 0 Å². The van der Waals surface area contributed by atoms with Crippen LogP contribution in [0, 0.1) is 0 Å². The average Bonchev–Trinajstić information content (AvgIpc) is 2.69. The van der Waals surface area contributed by atoms with Gasteiger partial charge >= 0.3 is 0 Å². The number of hydrogen-bond acceptors (Lipinski definition) is 4. The number of benzene rings is 3. The van der Waals surface area contributed by atoms with Gasteiger partial charge in [-0.1, -0.05) is 52.3 Å². The molecule has 3 aromatic rings. The molecule has 152 valence electrons. The summed E-state index contributed by atoms with van der Waals surface area (Å²) in [6, 6.07) is 20.4. The van der Waals surface area contributed by atoms with Crippen molar-refractivity contribution in [2.24, 2.45) is 0 Å². The minimum atomic E-state index is -3.60. The molecule has 3 rings (SSSR count). The van der Waals surface area contributed by atoms with Crippen molar-refractivity contribution in [3.05, 3.63) is 71.2 Å². The molecule has 0 aliphatic heterocycles. The van der Waals surface area contributed by atoms with Gasteiger partial charge < -0.3 is 10.1 Å². The molecule has 0 unspecified atom stereocenters. The summed E-state index contributed by atoms with van der Waals surface area (Å²) in [6.45, 7) is 0.242. The van der Waals surface area contributed by atoms with Crippen molar-refractivity contribution >= 4 is 48.3 Å². The van der Waals surface area contributed by atoms with Gasteiger partial charge in [0.25, 0.3) is 0 Å². The molecule has 0 saturated carbocycles. The summed E-state index contributed by atoms with van der Waals surface area (Å²) in [5, 5.41) is 4.78. The lowest BCUT2D eigenvalue weighted by Gasteiger charge is -2.22. The van der Waals surface area contributed by atoms with Gasteiger partial charge in [-0.25, -0.2) is 8.42 Å². The van der Waals surface area contributed by atoms with E-state index < -0.39 is 15.9 Å². The second-order valence-corrected chi connectivity index (χ2v) is 9.24. The lowest BCUT2D eigenvalue weighted by Crippen LogP contribution is -2.41. The van der Waals surface area contributed by atoms with Gasteiger partial charge in [0.05, 0.1) is 18.5 Å². The Morgan fingerprint density at radius 1 is 1.03 bits per heavy atom. The number of rotatable bonds is 8. The van der Waals surface area contributed by atoms with Crippen molar-refractivity contribution in [1.82, 2.24) is 5.32 Å². The Morgan fingerprint density at radius 3 is 2.45 bits per heavy atom. The molecule has 0 spiro atoms. The standard InChI is InChI=1S/C21H21BrN2O4S/c1-29(26,27)24(18-11-9-17(22)10-12-18)15-21(25)23-13-14-28-20-8-4-6-16-5-2-3-7-19(16)20/h2-12H,13-15H2,1H3,(H,23,25). The monoisotopic (exact) mass is 476 g/mol. The summed E-state index contributed by atoms with van der Waals surface area (Å²) in [7, 11) is -3.60. The van der Waals surface area contributed by atoms with Crippen molar-refractivity contribution in [2.75, 3.05) is 30.3 Å². The van der Waals surface area contributed by atoms with Crippen LogP contribution in [-0.4, -0.2) is 40.3 Å². The first-order valence-electron chi connectivity index (χ1n) is 8.95. The summed E-state index contributed by atoms with van der Waals surface area (Å²) in [6.07, 6.45) is 1.08. The zero-order valence-corrected chi connectivity index (χ0v) is 18.2. The van der Waals surface area contributed by atoms with E-state index in [9.17, 15) is 13.2 Å². The topological polar surface area (TPSA) is 75.7 Å². The number of nitrogens with zero attached hydrogens (tertiary/aromatic N) is 1. The van der Waals surface area contributed by atoms with Crippen LogP contribution in [-0.2, 0) is 14.8 Å². The average molecular weight is 477 g/mol. The Morgan fingerprint density at radius 2 is 1.72 bits per heavy atom. The largest absolute Gasteiger partial charge is 0.491 e. The highest BCUT2D eigenvalue weighted by Crippen LogP contribution is 2.25. The fraction of sp³-hybridized carbons (Fsp3) is 0.190. The number of ether oxygens (including phenoxy) is 1. The molecule has 0 aliphatic rings. The minimum Gasteiger partial charge on any atom is -0.491 e. The number of sulfonamides is 1. The van der Waals surface area contributed by atoms with Crippen LogP contribution in [0.15, 0.2) is 71.2 Å². The van der Waals surface area contributed by atoms with E-state index in [4.69, 9.17) is 4.74 Å². The van der Waals surface area contributed by atoms with E-state index in [2.05, 4.69) is 21.2 Å². The van der Waals surface area contributed by atoms with Crippen LogP contribution in [0.4, 0.5) is 5.69 Å². The predicted octanol–water partition coefficient (Wildman–Crippen LogP) is 3.56. The van der Waals surface area contributed by atoms with Gasteiger partial charge in [-0.2, -0.15) is 0 Å². The van der Waals surface area contributed by atoms with Gasteiger partial charge in [0.15, 0.2) is 0 Å². The van der Waals surface area contributed by atoms with E-state index in [1.165, 1.54) is 0 Å². The second kappa shape index (κ2) is 9.28. The first kappa shape index (κ1) is 21.1. The normalized spacial score (nSPS) is 11.2. The molecule has 0 radical (unpaired) electrons. The lowest BCUT2D eigenvalue weighted by atomic mass is 10.1. The number of hydrogen-bond donors (Lipinski definition) is 1. The minimum absolute atomic E-state index is 0.264. The smallest absolute Gasteiger partial charge is 0.240 e. The van der Waals surface area contributed by atoms with E-state index in [0.717, 1.165) is 31.6 Å². The SMILES string of the molecule is CS(=O)(=O)N(CC(=O)NCCOc1cccc2ccccc12)c1ccc(Br)cc1. The van der Waals surface area contributed by atoms with E-state index in [-0.39, 0.29) is 19.7 Å². The van der Waals surface area contributed by atoms with Gasteiger partial charge in [0, 0.05) is 9.86 Å². The fourth-order valence-electron chi connectivity index (χ4n) is 2.87. The molecular formula is C21H21BrN2O4S. The molecule has 0 atom stereocenters. The van der Waals surface area contributed by atoms with Gasteiger partial charge in [0.2, 0.25) is 15.9 Å². The Hall–Kier alpha value is -2.58. The molecular weight excluding hydrogens is 456 g/mol. The number of carbonyl (C=O) groups is 1. The third-order valence-electron chi connectivity index (χ3n) is 4.23. The Balaban J connectivity index is 1.56. The summed E-state index contributed by atoms with van der Waals surface area (Å²) >= 11 is 3.31. The number of halogens is 1.